The summed E-state index contributed by atoms with van der Waals surface area (Å²) in [5.74, 6) is -0.284. The first-order valence-corrected chi connectivity index (χ1v) is 9.89. The highest BCUT2D eigenvalue weighted by Crippen LogP contribution is 2.24. The van der Waals surface area contributed by atoms with Crippen molar-refractivity contribution < 1.29 is 13.2 Å². The number of hydrogen-bond donors (Lipinski definition) is 1. The molecule has 2 rings (SSSR count). The van der Waals surface area contributed by atoms with E-state index in [-0.39, 0.29) is 10.8 Å². The van der Waals surface area contributed by atoms with Gasteiger partial charge in [-0.2, -0.15) is 0 Å². The predicted molar refractivity (Wildman–Crippen MR) is 97.4 cm³/mol. The number of anilines is 1. The molecule has 0 fully saturated rings. The summed E-state index contributed by atoms with van der Waals surface area (Å²) in [5.41, 5.74) is 4.09. The molecule has 0 aromatic heterocycles. The van der Waals surface area contributed by atoms with E-state index in [1.54, 1.807) is 13.0 Å². The fourth-order valence-corrected chi connectivity index (χ4v) is 3.31. The molecule has 0 saturated heterocycles. The molecule has 0 aliphatic heterocycles. The molecule has 1 N–H and O–H groups in total. The number of aryl methyl sites for hydroxylation is 3. The Hall–Kier alpha value is -2.14. The molecule has 2 aromatic rings. The topological polar surface area (TPSA) is 63.2 Å². The number of benzene rings is 2. The van der Waals surface area contributed by atoms with Crippen molar-refractivity contribution in [2.75, 3.05) is 11.6 Å². The molecule has 4 nitrogen and oxygen atoms in total. The highest BCUT2D eigenvalue weighted by molar-refractivity contribution is 7.90. The minimum Gasteiger partial charge on any atom is -0.321 e. The lowest BCUT2D eigenvalue weighted by Crippen LogP contribution is -2.16. The lowest BCUT2D eigenvalue weighted by molar-refractivity contribution is 0.102. The molecule has 0 saturated carbocycles. The summed E-state index contributed by atoms with van der Waals surface area (Å²) in [5, 5.41) is 2.98. The third-order valence-corrected chi connectivity index (χ3v) is 5.23. The number of nitrogens with one attached hydrogen (secondary N) is 1. The van der Waals surface area contributed by atoms with E-state index in [1.807, 2.05) is 32.0 Å². The van der Waals surface area contributed by atoms with Gasteiger partial charge in [0.2, 0.25) is 0 Å². The van der Waals surface area contributed by atoms with Crippen LogP contribution in [0.4, 0.5) is 5.69 Å². The molecule has 0 aliphatic carbocycles. The van der Waals surface area contributed by atoms with Crippen LogP contribution in [0.3, 0.4) is 0 Å². The van der Waals surface area contributed by atoms with Gasteiger partial charge in [-0.05, 0) is 48.6 Å². The van der Waals surface area contributed by atoms with Gasteiger partial charge in [0.1, 0.15) is 0 Å². The second-order valence-corrected chi connectivity index (χ2v) is 7.88. The van der Waals surface area contributed by atoms with Gasteiger partial charge in [0.25, 0.3) is 5.91 Å². The average molecular weight is 345 g/mol. The zero-order valence-electron chi connectivity index (χ0n) is 14.5. The number of para-hydroxylation sites is 1. The molecule has 0 heterocycles. The molecule has 24 heavy (non-hydrogen) atoms. The maximum Gasteiger partial charge on any atom is 0.255 e. The summed E-state index contributed by atoms with van der Waals surface area (Å²) in [6.07, 6.45) is 2.76. The molecular formula is C19H23NO3S. The smallest absolute Gasteiger partial charge is 0.255 e. The second-order valence-electron chi connectivity index (χ2n) is 5.86. The third kappa shape index (κ3) is 3.85. The van der Waals surface area contributed by atoms with Crippen LogP contribution in [0.2, 0.25) is 0 Å². The van der Waals surface area contributed by atoms with Crippen LogP contribution >= 0.6 is 0 Å². The van der Waals surface area contributed by atoms with Gasteiger partial charge in [0.15, 0.2) is 9.84 Å². The molecule has 128 valence electrons. The number of carbonyl (C=O) groups excluding carboxylic acids is 1. The Balaban J connectivity index is 2.45. The van der Waals surface area contributed by atoms with Crippen LogP contribution in [0, 0.1) is 6.92 Å². The summed E-state index contributed by atoms with van der Waals surface area (Å²) in [7, 11) is -3.35. The van der Waals surface area contributed by atoms with Gasteiger partial charge in [-0.1, -0.05) is 38.1 Å². The van der Waals surface area contributed by atoms with Crippen molar-refractivity contribution in [2.24, 2.45) is 0 Å². The van der Waals surface area contributed by atoms with Crippen molar-refractivity contribution in [1.29, 1.82) is 0 Å². The van der Waals surface area contributed by atoms with Gasteiger partial charge in [-0.3, -0.25) is 4.79 Å². The van der Waals surface area contributed by atoms with E-state index >= 15 is 0 Å². The first kappa shape index (κ1) is 18.2. The molecule has 0 radical (unpaired) electrons. The lowest BCUT2D eigenvalue weighted by Gasteiger charge is -2.15. The highest BCUT2D eigenvalue weighted by atomic mass is 32.2. The van der Waals surface area contributed by atoms with E-state index in [0.29, 0.717) is 5.56 Å². The van der Waals surface area contributed by atoms with Gasteiger partial charge in [0.05, 0.1) is 4.90 Å². The molecular weight excluding hydrogens is 322 g/mol. The first-order valence-electron chi connectivity index (χ1n) is 8.00. The van der Waals surface area contributed by atoms with E-state index in [1.165, 1.54) is 12.1 Å². The van der Waals surface area contributed by atoms with E-state index in [0.717, 1.165) is 41.5 Å². The maximum absolute atomic E-state index is 12.7. The minimum absolute atomic E-state index is 0.151. The Bertz CT molecular complexity index is 848. The van der Waals surface area contributed by atoms with Gasteiger partial charge >= 0.3 is 0 Å². The number of hydrogen-bond acceptors (Lipinski definition) is 3. The van der Waals surface area contributed by atoms with Gasteiger partial charge in [-0.15, -0.1) is 0 Å². The summed E-state index contributed by atoms with van der Waals surface area (Å²) in [6.45, 7) is 5.88. The van der Waals surface area contributed by atoms with Crippen molar-refractivity contribution in [3.8, 4) is 0 Å². The quantitative estimate of drug-likeness (QED) is 0.897. The van der Waals surface area contributed by atoms with E-state index in [9.17, 15) is 13.2 Å². The normalized spacial score (nSPS) is 11.3. The predicted octanol–water partition coefficient (Wildman–Crippen LogP) is 3.78. The van der Waals surface area contributed by atoms with Gasteiger partial charge in [0, 0.05) is 17.5 Å². The minimum atomic E-state index is -3.35. The monoisotopic (exact) mass is 345 g/mol. The lowest BCUT2D eigenvalue weighted by atomic mass is 10.0. The Morgan fingerprint density at radius 1 is 1.04 bits per heavy atom. The van der Waals surface area contributed by atoms with Crippen molar-refractivity contribution >= 4 is 21.4 Å². The summed E-state index contributed by atoms with van der Waals surface area (Å²) in [4.78, 5) is 12.9. The Labute approximate surface area is 143 Å². The fourth-order valence-electron chi connectivity index (χ4n) is 2.66. The molecule has 0 aliphatic rings. The average Bonchev–Trinajstić information content (AvgIpc) is 2.54. The number of carbonyl (C=O) groups is 1. The van der Waals surface area contributed by atoms with Crippen molar-refractivity contribution in [2.45, 2.75) is 38.5 Å². The van der Waals surface area contributed by atoms with Crippen molar-refractivity contribution in [3.63, 3.8) is 0 Å². The zero-order valence-corrected chi connectivity index (χ0v) is 15.3. The Kier molecular flexibility index (Phi) is 5.44. The zero-order chi connectivity index (χ0) is 17.9. The van der Waals surface area contributed by atoms with Crippen LogP contribution in [-0.4, -0.2) is 20.6 Å². The van der Waals surface area contributed by atoms with E-state index in [4.69, 9.17) is 0 Å². The molecule has 1 amide bonds. The summed E-state index contributed by atoms with van der Waals surface area (Å²) in [6, 6.07) is 10.6. The molecule has 0 spiro atoms. The summed E-state index contributed by atoms with van der Waals surface area (Å²) >= 11 is 0. The van der Waals surface area contributed by atoms with Crippen LogP contribution in [-0.2, 0) is 22.7 Å². The van der Waals surface area contributed by atoms with Crippen molar-refractivity contribution in [1.82, 2.24) is 0 Å². The summed E-state index contributed by atoms with van der Waals surface area (Å²) < 4.78 is 23.5. The van der Waals surface area contributed by atoms with Crippen LogP contribution < -0.4 is 5.32 Å². The third-order valence-electron chi connectivity index (χ3n) is 4.12. The molecule has 2 aromatic carbocycles. The number of rotatable bonds is 5. The fraction of sp³-hybridized carbons (Fsp3) is 0.316. The standard InChI is InChI=1S/C19H23NO3S/c1-5-14-8-7-9-15(6-2)18(14)20-19(21)17-12-16(24(4,22)23)11-10-13(17)3/h7-12H,5-6H2,1-4H3,(H,20,21). The second kappa shape index (κ2) is 7.18. The molecule has 0 bridgehead atoms. The van der Waals surface area contributed by atoms with Crippen LogP contribution in [0.5, 0.6) is 0 Å². The number of sulfone groups is 1. The SMILES string of the molecule is CCc1cccc(CC)c1NC(=O)c1cc(S(C)(=O)=O)ccc1C. The van der Waals surface area contributed by atoms with Gasteiger partial charge in [-0.25, -0.2) is 8.42 Å². The Morgan fingerprint density at radius 3 is 2.12 bits per heavy atom. The Morgan fingerprint density at radius 2 is 1.62 bits per heavy atom. The maximum atomic E-state index is 12.7. The first-order chi connectivity index (χ1) is 11.3. The van der Waals surface area contributed by atoms with Crippen LogP contribution in [0.1, 0.15) is 40.9 Å². The van der Waals surface area contributed by atoms with Crippen LogP contribution in [0.15, 0.2) is 41.3 Å². The molecule has 5 heteroatoms. The van der Waals surface area contributed by atoms with E-state index < -0.39 is 9.84 Å². The van der Waals surface area contributed by atoms with Crippen molar-refractivity contribution in [3.05, 3.63) is 58.7 Å². The largest absolute Gasteiger partial charge is 0.321 e. The van der Waals surface area contributed by atoms with Gasteiger partial charge < -0.3 is 5.32 Å². The van der Waals surface area contributed by atoms with Crippen LogP contribution in [0.25, 0.3) is 0 Å². The molecule has 0 unspecified atom stereocenters. The van der Waals surface area contributed by atoms with E-state index in [2.05, 4.69) is 5.32 Å². The highest BCUT2D eigenvalue weighted by Gasteiger charge is 2.16. The molecule has 0 atom stereocenters. The number of amides is 1.